The number of aromatic nitrogens is 3. The largest absolute Gasteiger partial charge is 0.386 e. The average molecular weight is 514 g/mol. The van der Waals surface area contributed by atoms with E-state index >= 15 is 4.39 Å². The Bertz CT molecular complexity index is 1480. The molecule has 8 nitrogen and oxygen atoms in total. The van der Waals surface area contributed by atoms with E-state index < -0.39 is 31.1 Å². The lowest BCUT2D eigenvalue weighted by Crippen LogP contribution is -2.56. The van der Waals surface area contributed by atoms with Crippen LogP contribution in [-0.4, -0.2) is 64.4 Å². The summed E-state index contributed by atoms with van der Waals surface area (Å²) in [5, 5.41) is 2.00. The molecule has 37 heavy (non-hydrogen) atoms. The molecule has 2 atom stereocenters. The SMILES string of the molecule is [B]C([B])([B])N=S1(=O)C[C@@](CC)(c2cc(-c3cc(-c4ncc(CC)cn4)no3)ccc2F)N=C(N)C1(C)C. The van der Waals surface area contributed by atoms with E-state index in [-0.39, 0.29) is 23.6 Å². The predicted octanol–water partition coefficient (Wildman–Crippen LogP) is 2.84. The minimum Gasteiger partial charge on any atom is -0.386 e. The van der Waals surface area contributed by atoms with Gasteiger partial charge in [-0.3, -0.25) is 9.36 Å². The highest BCUT2D eigenvalue weighted by Crippen LogP contribution is 2.43. The van der Waals surface area contributed by atoms with Gasteiger partial charge in [0.2, 0.25) is 0 Å². The summed E-state index contributed by atoms with van der Waals surface area (Å²) < 4.78 is 38.0. The van der Waals surface area contributed by atoms with E-state index in [0.717, 1.165) is 12.0 Å². The quantitative estimate of drug-likeness (QED) is 0.506. The maximum Gasteiger partial charge on any atom is 0.181 e. The molecule has 13 heteroatoms. The summed E-state index contributed by atoms with van der Waals surface area (Å²) in [6, 6.07) is 6.10. The Kier molecular flexibility index (Phi) is 6.90. The predicted molar refractivity (Wildman–Crippen MR) is 145 cm³/mol. The van der Waals surface area contributed by atoms with Gasteiger partial charge in [-0.15, -0.1) is 0 Å². The Morgan fingerprint density at radius 1 is 1.19 bits per heavy atom. The number of hydrogen-bond donors (Lipinski definition) is 1. The lowest BCUT2D eigenvalue weighted by atomic mass is 9.50. The van der Waals surface area contributed by atoms with Crippen LogP contribution >= 0.6 is 0 Å². The number of aryl methyl sites for hydroxylation is 1. The van der Waals surface area contributed by atoms with Crippen LogP contribution in [0, 0.1) is 5.82 Å². The summed E-state index contributed by atoms with van der Waals surface area (Å²) in [5.74, 6) is 0.0760. The van der Waals surface area contributed by atoms with E-state index in [2.05, 4.69) is 24.5 Å². The molecule has 0 fully saturated rings. The van der Waals surface area contributed by atoms with Crippen molar-refractivity contribution in [1.82, 2.24) is 15.1 Å². The highest BCUT2D eigenvalue weighted by molar-refractivity contribution is 7.96. The topological polar surface area (TPSA) is 120 Å². The fraction of sp³-hybridized carbons (Fsp3) is 0.417. The van der Waals surface area contributed by atoms with Crippen molar-refractivity contribution in [3.63, 3.8) is 0 Å². The van der Waals surface area contributed by atoms with Crippen LogP contribution in [-0.2, 0) is 21.7 Å². The Morgan fingerprint density at radius 2 is 1.86 bits per heavy atom. The minimum absolute atomic E-state index is 0.0398. The van der Waals surface area contributed by atoms with E-state index in [9.17, 15) is 4.21 Å². The number of nitrogens with zero attached hydrogens (tertiary/aromatic N) is 5. The molecule has 1 aliphatic heterocycles. The number of halogens is 1. The van der Waals surface area contributed by atoms with Gasteiger partial charge in [0, 0.05) is 29.6 Å². The molecule has 0 saturated heterocycles. The first-order valence-corrected chi connectivity index (χ1v) is 13.5. The smallest absolute Gasteiger partial charge is 0.181 e. The molecule has 2 aromatic heterocycles. The van der Waals surface area contributed by atoms with Gasteiger partial charge in [-0.2, -0.15) is 0 Å². The fourth-order valence-electron chi connectivity index (χ4n) is 4.20. The van der Waals surface area contributed by atoms with Crippen LogP contribution in [0.2, 0.25) is 0 Å². The number of hydrogen-bond acceptors (Lipinski definition) is 8. The minimum atomic E-state index is -3.30. The van der Waals surface area contributed by atoms with Crippen molar-refractivity contribution >= 4 is 39.1 Å². The van der Waals surface area contributed by atoms with Gasteiger partial charge in [0.05, 0.1) is 39.0 Å². The van der Waals surface area contributed by atoms with Crippen LogP contribution < -0.4 is 5.73 Å². The van der Waals surface area contributed by atoms with Crippen LogP contribution in [0.25, 0.3) is 22.8 Å². The summed E-state index contributed by atoms with van der Waals surface area (Å²) >= 11 is 0. The number of rotatable bonds is 6. The molecule has 6 radical (unpaired) electrons. The van der Waals surface area contributed by atoms with Gasteiger partial charge in [-0.25, -0.2) is 18.6 Å². The van der Waals surface area contributed by atoms with Gasteiger partial charge in [0.15, 0.2) is 17.3 Å². The van der Waals surface area contributed by atoms with E-state index in [4.69, 9.17) is 33.8 Å². The van der Waals surface area contributed by atoms with Gasteiger partial charge in [0.1, 0.15) is 21.9 Å². The number of benzene rings is 1. The third-order valence-electron chi connectivity index (χ3n) is 6.68. The van der Waals surface area contributed by atoms with Crippen molar-refractivity contribution in [3.05, 3.63) is 53.6 Å². The molecule has 0 aliphatic carbocycles. The standard InChI is InChI=1S/C24H26B3FN6O2S/c1-5-14-11-30-20(31-12-14)18-10-19(36-33-18)15-7-8-17(28)16(9-15)23(6-2)13-37(35,34-24(25,26)27)22(3,4)21(29)32-23/h7-12H,5-6,13H2,1-4H3,(H2,29,32)/t23-,37?/m0/s1. The van der Waals surface area contributed by atoms with E-state index in [0.29, 0.717) is 22.8 Å². The lowest BCUT2D eigenvalue weighted by molar-refractivity contribution is 0.431. The number of aliphatic imine (C=N–C) groups is 1. The first-order valence-electron chi connectivity index (χ1n) is 11.8. The van der Waals surface area contributed by atoms with Crippen molar-refractivity contribution in [3.8, 4) is 22.8 Å². The van der Waals surface area contributed by atoms with E-state index in [1.54, 1.807) is 51.4 Å². The molecule has 186 valence electrons. The zero-order valence-electron chi connectivity index (χ0n) is 21.2. The molecule has 1 aliphatic rings. The third-order valence-corrected chi connectivity index (χ3v) is 9.96. The van der Waals surface area contributed by atoms with Gasteiger partial charge in [-0.05, 0) is 55.7 Å². The van der Waals surface area contributed by atoms with Crippen LogP contribution in [0.4, 0.5) is 4.39 Å². The highest BCUT2D eigenvalue weighted by Gasteiger charge is 2.50. The van der Waals surface area contributed by atoms with Crippen LogP contribution in [0.1, 0.15) is 45.2 Å². The molecule has 3 aromatic rings. The highest BCUT2D eigenvalue weighted by atomic mass is 32.2. The van der Waals surface area contributed by atoms with Gasteiger partial charge in [0.25, 0.3) is 0 Å². The summed E-state index contributed by atoms with van der Waals surface area (Å²) in [4.78, 5) is 13.3. The zero-order chi connectivity index (χ0) is 27.2. The molecule has 0 spiro atoms. The second kappa shape index (κ2) is 9.42. The first-order chi connectivity index (χ1) is 17.2. The molecule has 2 N–H and O–H groups in total. The van der Waals surface area contributed by atoms with Crippen molar-refractivity contribution < 1.29 is 13.1 Å². The van der Waals surface area contributed by atoms with Crippen molar-refractivity contribution in [2.45, 2.75) is 56.1 Å². The summed E-state index contributed by atoms with van der Waals surface area (Å²) in [6.45, 7) is 7.06. The fourth-order valence-corrected chi connectivity index (χ4v) is 6.81. The van der Waals surface area contributed by atoms with Gasteiger partial charge < -0.3 is 10.3 Å². The summed E-state index contributed by atoms with van der Waals surface area (Å²) in [5.41, 5.74) is 7.13. The third kappa shape index (κ3) is 4.97. The van der Waals surface area contributed by atoms with Crippen molar-refractivity contribution in [1.29, 1.82) is 0 Å². The van der Waals surface area contributed by atoms with Crippen molar-refractivity contribution in [2.75, 3.05) is 5.75 Å². The molecule has 3 heterocycles. The Morgan fingerprint density at radius 3 is 2.46 bits per heavy atom. The molecular weight excluding hydrogens is 488 g/mol. The maximum absolute atomic E-state index is 15.4. The summed E-state index contributed by atoms with van der Waals surface area (Å²) in [6.07, 6.45) is 4.54. The monoisotopic (exact) mass is 514 g/mol. The Balaban J connectivity index is 1.82. The van der Waals surface area contributed by atoms with E-state index in [1.807, 2.05) is 6.92 Å². The molecule has 1 unspecified atom stereocenters. The number of nitrogens with two attached hydrogens (primary N) is 1. The van der Waals surface area contributed by atoms with Gasteiger partial charge in [-0.1, -0.05) is 19.0 Å². The summed E-state index contributed by atoms with van der Waals surface area (Å²) in [7, 11) is 13.8. The van der Waals surface area contributed by atoms with Crippen LogP contribution in [0.15, 0.2) is 50.5 Å². The number of amidine groups is 1. The second-order valence-corrected chi connectivity index (χ2v) is 12.5. The average Bonchev–Trinajstić information content (AvgIpc) is 3.32. The Hall–Kier alpha value is -2.95. The first kappa shape index (κ1) is 27.1. The molecular formula is C24H26B3FN6O2S. The molecule has 1 aromatic carbocycles. The van der Waals surface area contributed by atoms with Crippen molar-refractivity contribution in [2.24, 2.45) is 15.1 Å². The second-order valence-electron chi connectivity index (χ2n) is 9.70. The molecule has 0 saturated carbocycles. The molecule has 0 bridgehead atoms. The molecule has 4 rings (SSSR count). The van der Waals surface area contributed by atoms with Crippen LogP contribution in [0.5, 0.6) is 0 Å². The zero-order valence-corrected chi connectivity index (χ0v) is 22.1. The maximum atomic E-state index is 15.4. The van der Waals surface area contributed by atoms with Gasteiger partial charge >= 0.3 is 0 Å². The Labute approximate surface area is 220 Å². The van der Waals surface area contributed by atoms with Crippen LogP contribution in [0.3, 0.4) is 0 Å². The molecule has 0 amide bonds. The van der Waals surface area contributed by atoms with E-state index in [1.165, 1.54) is 6.07 Å². The normalized spacial score (nSPS) is 23.4. The lowest BCUT2D eigenvalue weighted by Gasteiger charge is -2.43.